The van der Waals surface area contributed by atoms with E-state index in [-0.39, 0.29) is 36.5 Å². The quantitative estimate of drug-likeness (QED) is 0.360. The van der Waals surface area contributed by atoms with E-state index in [4.69, 9.17) is 0 Å². The van der Waals surface area contributed by atoms with Crippen molar-refractivity contribution in [1.29, 1.82) is 0 Å². The molecule has 1 heterocycles. The van der Waals surface area contributed by atoms with Gasteiger partial charge in [-0.05, 0) is 5.56 Å². The molecule has 0 aliphatic carbocycles. The normalized spacial score (nSPS) is 12.4. The molecule has 1 aromatic carbocycles. The van der Waals surface area contributed by atoms with Crippen LogP contribution in [0.2, 0.25) is 0 Å². The minimum atomic E-state index is 0. The van der Waals surface area contributed by atoms with Gasteiger partial charge in [0.25, 0.3) is 0 Å². The molecule has 3 N–H and O–H groups in total. The van der Waals surface area contributed by atoms with Gasteiger partial charge in [0.2, 0.25) is 0 Å². The minimum absolute atomic E-state index is 0. The van der Waals surface area contributed by atoms with E-state index in [1.54, 1.807) is 11.7 Å². The Bertz CT molecular complexity index is 601. The van der Waals surface area contributed by atoms with Crippen molar-refractivity contribution in [1.82, 2.24) is 25.4 Å². The maximum absolute atomic E-state index is 9.56. The van der Waals surface area contributed by atoms with E-state index in [0.29, 0.717) is 19.0 Å². The standard InChI is InChI=1S/C15H22N6O.HI/c1-16-15(18-9-14-19-11-20-21(14)2)17-8-13(10-22)12-6-4-3-5-7-12;/h3-7,11,13,22H,8-10H2,1-2H3,(H2,16,17,18);1H. The van der Waals surface area contributed by atoms with Crippen LogP contribution in [0.5, 0.6) is 0 Å². The molecule has 0 fully saturated rings. The molecule has 1 atom stereocenters. The molecule has 2 rings (SSSR count). The number of aliphatic hydroxyl groups is 1. The molecular formula is C15H23IN6O. The van der Waals surface area contributed by atoms with Crippen LogP contribution in [0.4, 0.5) is 0 Å². The molecule has 0 amide bonds. The van der Waals surface area contributed by atoms with Crippen LogP contribution in [-0.2, 0) is 13.6 Å². The summed E-state index contributed by atoms with van der Waals surface area (Å²) in [5.41, 5.74) is 1.10. The van der Waals surface area contributed by atoms with Gasteiger partial charge in [0.15, 0.2) is 5.96 Å². The SMILES string of the molecule is CN=C(NCc1ncnn1C)NCC(CO)c1ccccc1.I. The van der Waals surface area contributed by atoms with Crippen molar-refractivity contribution in [3.63, 3.8) is 0 Å². The first-order valence-corrected chi connectivity index (χ1v) is 7.17. The van der Waals surface area contributed by atoms with Crippen LogP contribution in [-0.4, -0.2) is 46.0 Å². The van der Waals surface area contributed by atoms with Gasteiger partial charge in [-0.2, -0.15) is 5.10 Å². The largest absolute Gasteiger partial charge is 0.396 e. The molecule has 0 aliphatic rings. The van der Waals surface area contributed by atoms with E-state index in [1.807, 2.05) is 37.4 Å². The Morgan fingerprint density at radius 3 is 2.61 bits per heavy atom. The monoisotopic (exact) mass is 430 g/mol. The lowest BCUT2D eigenvalue weighted by Gasteiger charge is -2.18. The number of nitrogens with one attached hydrogen (secondary N) is 2. The van der Waals surface area contributed by atoms with Gasteiger partial charge < -0.3 is 15.7 Å². The lowest BCUT2D eigenvalue weighted by atomic mass is 10.0. The second-order valence-corrected chi connectivity index (χ2v) is 4.90. The van der Waals surface area contributed by atoms with E-state index in [9.17, 15) is 5.11 Å². The van der Waals surface area contributed by atoms with Gasteiger partial charge in [-0.15, -0.1) is 24.0 Å². The van der Waals surface area contributed by atoms with Gasteiger partial charge in [0.05, 0.1) is 13.2 Å². The van der Waals surface area contributed by atoms with Crippen LogP contribution in [0, 0.1) is 0 Å². The third-order valence-corrected chi connectivity index (χ3v) is 3.45. The second kappa shape index (κ2) is 10.2. The van der Waals surface area contributed by atoms with Crippen molar-refractivity contribution in [2.45, 2.75) is 12.5 Å². The first kappa shape index (κ1) is 19.4. The van der Waals surface area contributed by atoms with Gasteiger partial charge in [0.1, 0.15) is 12.2 Å². The lowest BCUT2D eigenvalue weighted by molar-refractivity contribution is 0.265. The maximum Gasteiger partial charge on any atom is 0.191 e. The number of aliphatic hydroxyl groups excluding tert-OH is 1. The number of nitrogens with zero attached hydrogens (tertiary/aromatic N) is 4. The Morgan fingerprint density at radius 1 is 1.30 bits per heavy atom. The highest BCUT2D eigenvalue weighted by Gasteiger charge is 2.11. The van der Waals surface area contributed by atoms with Gasteiger partial charge in [-0.3, -0.25) is 9.67 Å². The van der Waals surface area contributed by atoms with Crippen LogP contribution in [0.3, 0.4) is 0 Å². The van der Waals surface area contributed by atoms with Gasteiger partial charge >= 0.3 is 0 Å². The predicted octanol–water partition coefficient (Wildman–Crippen LogP) is 0.874. The third-order valence-electron chi connectivity index (χ3n) is 3.45. The summed E-state index contributed by atoms with van der Waals surface area (Å²) < 4.78 is 1.71. The maximum atomic E-state index is 9.56. The summed E-state index contributed by atoms with van der Waals surface area (Å²) in [6, 6.07) is 9.93. The number of aromatic nitrogens is 3. The Labute approximate surface area is 153 Å². The van der Waals surface area contributed by atoms with Crippen molar-refractivity contribution in [2.75, 3.05) is 20.2 Å². The molecular weight excluding hydrogens is 407 g/mol. The number of rotatable bonds is 6. The summed E-state index contributed by atoms with van der Waals surface area (Å²) >= 11 is 0. The second-order valence-electron chi connectivity index (χ2n) is 4.90. The van der Waals surface area contributed by atoms with E-state index in [1.165, 1.54) is 6.33 Å². The fourth-order valence-electron chi connectivity index (χ4n) is 2.10. The Balaban J connectivity index is 0.00000264. The zero-order valence-corrected chi connectivity index (χ0v) is 15.6. The fourth-order valence-corrected chi connectivity index (χ4v) is 2.10. The molecule has 23 heavy (non-hydrogen) atoms. The van der Waals surface area contributed by atoms with Crippen molar-refractivity contribution < 1.29 is 5.11 Å². The van der Waals surface area contributed by atoms with Crippen LogP contribution in [0.25, 0.3) is 0 Å². The number of halogens is 1. The average Bonchev–Trinajstić information content (AvgIpc) is 2.97. The topological polar surface area (TPSA) is 87.4 Å². The molecule has 0 spiro atoms. The summed E-state index contributed by atoms with van der Waals surface area (Å²) in [6.07, 6.45) is 1.52. The zero-order chi connectivity index (χ0) is 15.8. The third kappa shape index (κ3) is 5.79. The Hall–Kier alpha value is -1.68. The smallest absolute Gasteiger partial charge is 0.191 e. The molecule has 1 aromatic heterocycles. The summed E-state index contributed by atoms with van der Waals surface area (Å²) in [5, 5.41) is 20.0. The minimum Gasteiger partial charge on any atom is -0.396 e. The highest BCUT2D eigenvalue weighted by atomic mass is 127. The van der Waals surface area contributed by atoms with Crippen LogP contribution < -0.4 is 10.6 Å². The molecule has 1 unspecified atom stereocenters. The predicted molar refractivity (Wildman–Crippen MR) is 101 cm³/mol. The zero-order valence-electron chi connectivity index (χ0n) is 13.3. The molecule has 8 heteroatoms. The van der Waals surface area contributed by atoms with Crippen molar-refractivity contribution >= 4 is 29.9 Å². The summed E-state index contributed by atoms with van der Waals surface area (Å²) in [7, 11) is 3.56. The van der Waals surface area contributed by atoms with E-state index in [0.717, 1.165) is 11.4 Å². The van der Waals surface area contributed by atoms with Crippen LogP contribution in [0.15, 0.2) is 41.7 Å². The number of aliphatic imine (C=N–C) groups is 1. The number of benzene rings is 1. The van der Waals surface area contributed by atoms with E-state index >= 15 is 0 Å². The molecule has 0 radical (unpaired) electrons. The molecule has 7 nitrogen and oxygen atoms in total. The van der Waals surface area contributed by atoms with Gasteiger partial charge in [-0.1, -0.05) is 30.3 Å². The van der Waals surface area contributed by atoms with Gasteiger partial charge in [-0.25, -0.2) is 4.98 Å². The fraction of sp³-hybridized carbons (Fsp3) is 0.400. The number of aryl methyl sites for hydroxylation is 1. The summed E-state index contributed by atoms with van der Waals surface area (Å²) in [6.45, 7) is 1.21. The van der Waals surface area contributed by atoms with Crippen molar-refractivity contribution in [2.24, 2.45) is 12.0 Å². The summed E-state index contributed by atoms with van der Waals surface area (Å²) in [4.78, 5) is 8.32. The number of hydrogen-bond donors (Lipinski definition) is 3. The highest BCUT2D eigenvalue weighted by molar-refractivity contribution is 14.0. The first-order chi connectivity index (χ1) is 10.7. The highest BCUT2D eigenvalue weighted by Crippen LogP contribution is 2.13. The first-order valence-electron chi connectivity index (χ1n) is 7.17. The number of guanidine groups is 1. The molecule has 0 bridgehead atoms. The average molecular weight is 430 g/mol. The molecule has 2 aromatic rings. The van der Waals surface area contributed by atoms with E-state index in [2.05, 4.69) is 25.7 Å². The van der Waals surface area contributed by atoms with Crippen LogP contribution in [0.1, 0.15) is 17.3 Å². The van der Waals surface area contributed by atoms with Crippen LogP contribution >= 0.6 is 24.0 Å². The Kier molecular flexibility index (Phi) is 8.56. The van der Waals surface area contributed by atoms with Gasteiger partial charge in [0, 0.05) is 26.6 Å². The molecule has 0 aliphatic heterocycles. The molecule has 0 saturated carbocycles. The van der Waals surface area contributed by atoms with E-state index < -0.39 is 0 Å². The van der Waals surface area contributed by atoms with Crippen molar-refractivity contribution in [3.8, 4) is 0 Å². The lowest BCUT2D eigenvalue weighted by Crippen LogP contribution is -2.40. The van der Waals surface area contributed by atoms with Crippen molar-refractivity contribution in [3.05, 3.63) is 48.0 Å². The summed E-state index contributed by atoms with van der Waals surface area (Å²) in [5.74, 6) is 1.51. The Morgan fingerprint density at radius 2 is 2.04 bits per heavy atom. The number of hydrogen-bond acceptors (Lipinski definition) is 4. The molecule has 0 saturated heterocycles. The molecule has 126 valence electrons.